The molecule has 0 spiro atoms. The molecular formula is C19H25BN2O2. The standard InChI is InChI=1S/C19H25BN2O2/c1-18(2)19(3,4)24-20(23-18)14(12-21)11-13-9-10-17(22)16-8-6-5-7-15(13)16/h5-11H,12,21-22H2,1-4H3. The van der Waals surface area contributed by atoms with E-state index in [0.717, 1.165) is 27.5 Å². The number of rotatable bonds is 3. The summed E-state index contributed by atoms with van der Waals surface area (Å²) in [6.45, 7) is 8.54. The first-order valence-electron chi connectivity index (χ1n) is 8.28. The van der Waals surface area contributed by atoms with Crippen LogP contribution in [-0.4, -0.2) is 24.9 Å². The van der Waals surface area contributed by atoms with Crippen molar-refractivity contribution >= 4 is 29.7 Å². The SMILES string of the molecule is CC1(C)OB(C(=Cc2ccc(N)c3ccccc23)CN)OC1(C)C. The molecule has 3 rings (SSSR count). The lowest BCUT2D eigenvalue weighted by atomic mass is 9.77. The number of nitrogens with two attached hydrogens (primary N) is 2. The first kappa shape index (κ1) is 17.0. The van der Waals surface area contributed by atoms with Crippen molar-refractivity contribution in [3.63, 3.8) is 0 Å². The predicted molar refractivity (Wildman–Crippen MR) is 101 cm³/mol. The van der Waals surface area contributed by atoms with E-state index in [1.54, 1.807) is 0 Å². The third kappa shape index (κ3) is 2.84. The molecule has 1 aliphatic rings. The van der Waals surface area contributed by atoms with Crippen molar-refractivity contribution in [2.24, 2.45) is 5.73 Å². The van der Waals surface area contributed by atoms with Crippen LogP contribution < -0.4 is 11.5 Å². The molecular weight excluding hydrogens is 299 g/mol. The Hall–Kier alpha value is -1.82. The molecule has 0 unspecified atom stereocenters. The summed E-state index contributed by atoms with van der Waals surface area (Å²) in [5, 5.41) is 2.14. The van der Waals surface area contributed by atoms with E-state index < -0.39 is 7.12 Å². The number of benzene rings is 2. The number of hydrogen-bond acceptors (Lipinski definition) is 4. The van der Waals surface area contributed by atoms with Gasteiger partial charge in [0.15, 0.2) is 0 Å². The van der Waals surface area contributed by atoms with Crippen LogP contribution in [0.25, 0.3) is 16.8 Å². The maximum Gasteiger partial charge on any atom is 0.491 e. The van der Waals surface area contributed by atoms with Crippen molar-refractivity contribution in [1.29, 1.82) is 0 Å². The number of hydrogen-bond donors (Lipinski definition) is 2. The summed E-state index contributed by atoms with van der Waals surface area (Å²) in [5.74, 6) is 0. The highest BCUT2D eigenvalue weighted by atomic mass is 16.7. The summed E-state index contributed by atoms with van der Waals surface area (Å²) < 4.78 is 12.3. The summed E-state index contributed by atoms with van der Waals surface area (Å²) >= 11 is 0. The summed E-state index contributed by atoms with van der Waals surface area (Å²) in [4.78, 5) is 0. The van der Waals surface area contributed by atoms with Crippen LogP contribution >= 0.6 is 0 Å². The Balaban J connectivity index is 2.03. The van der Waals surface area contributed by atoms with Gasteiger partial charge in [-0.05, 0) is 50.2 Å². The van der Waals surface area contributed by atoms with Gasteiger partial charge in [-0.25, -0.2) is 0 Å². The van der Waals surface area contributed by atoms with Gasteiger partial charge in [-0.1, -0.05) is 36.4 Å². The maximum atomic E-state index is 6.13. The lowest BCUT2D eigenvalue weighted by molar-refractivity contribution is 0.00578. The lowest BCUT2D eigenvalue weighted by Crippen LogP contribution is -2.41. The van der Waals surface area contributed by atoms with Gasteiger partial charge in [-0.2, -0.15) is 0 Å². The molecule has 2 aromatic carbocycles. The normalized spacial score (nSPS) is 19.9. The Kier molecular flexibility index (Phi) is 4.20. The van der Waals surface area contributed by atoms with E-state index in [1.807, 2.05) is 58.0 Å². The van der Waals surface area contributed by atoms with Gasteiger partial charge in [-0.3, -0.25) is 0 Å². The van der Waals surface area contributed by atoms with E-state index >= 15 is 0 Å². The zero-order valence-electron chi connectivity index (χ0n) is 14.8. The summed E-state index contributed by atoms with van der Waals surface area (Å²) in [6.07, 6.45) is 2.06. The van der Waals surface area contributed by atoms with Crippen molar-refractivity contribution in [2.75, 3.05) is 12.3 Å². The fourth-order valence-corrected chi connectivity index (χ4v) is 2.89. The van der Waals surface area contributed by atoms with E-state index in [2.05, 4.69) is 12.1 Å². The van der Waals surface area contributed by atoms with Crippen molar-refractivity contribution in [3.05, 3.63) is 47.4 Å². The average Bonchev–Trinajstić information content (AvgIpc) is 2.75. The van der Waals surface area contributed by atoms with Crippen LogP contribution in [0.1, 0.15) is 33.3 Å². The van der Waals surface area contributed by atoms with E-state index in [4.69, 9.17) is 20.8 Å². The zero-order chi connectivity index (χ0) is 17.5. The molecule has 0 bridgehead atoms. The third-order valence-electron chi connectivity index (χ3n) is 5.12. The smallest absolute Gasteiger partial charge is 0.400 e. The van der Waals surface area contributed by atoms with Gasteiger partial charge in [0.05, 0.1) is 11.2 Å². The number of nitrogen functional groups attached to an aromatic ring is 1. The van der Waals surface area contributed by atoms with E-state index in [0.29, 0.717) is 6.54 Å². The molecule has 126 valence electrons. The summed E-state index contributed by atoms with van der Waals surface area (Å²) in [7, 11) is -0.434. The van der Waals surface area contributed by atoms with Crippen molar-refractivity contribution in [3.8, 4) is 0 Å². The first-order valence-corrected chi connectivity index (χ1v) is 8.28. The molecule has 1 aliphatic heterocycles. The molecule has 24 heavy (non-hydrogen) atoms. The fraction of sp³-hybridized carbons (Fsp3) is 0.368. The van der Waals surface area contributed by atoms with Crippen LogP contribution in [0.4, 0.5) is 5.69 Å². The molecule has 0 saturated carbocycles. The Bertz CT molecular complexity index is 783. The molecule has 1 heterocycles. The fourth-order valence-electron chi connectivity index (χ4n) is 2.89. The zero-order valence-corrected chi connectivity index (χ0v) is 14.8. The Morgan fingerprint density at radius 2 is 1.58 bits per heavy atom. The Morgan fingerprint density at radius 3 is 2.17 bits per heavy atom. The van der Waals surface area contributed by atoms with Crippen molar-refractivity contribution < 1.29 is 9.31 Å². The van der Waals surface area contributed by atoms with Crippen LogP contribution in [0, 0.1) is 0 Å². The second kappa shape index (κ2) is 5.92. The number of fused-ring (bicyclic) bond motifs is 1. The topological polar surface area (TPSA) is 70.5 Å². The highest BCUT2D eigenvalue weighted by Gasteiger charge is 2.52. The molecule has 4 N–H and O–H groups in total. The van der Waals surface area contributed by atoms with Gasteiger partial charge in [-0.15, -0.1) is 0 Å². The van der Waals surface area contributed by atoms with Gasteiger partial charge in [0, 0.05) is 17.6 Å². The number of anilines is 1. The van der Waals surface area contributed by atoms with E-state index in [9.17, 15) is 0 Å². The maximum absolute atomic E-state index is 6.13. The van der Waals surface area contributed by atoms with E-state index in [-0.39, 0.29) is 11.2 Å². The molecule has 2 aromatic rings. The summed E-state index contributed by atoms with van der Waals surface area (Å²) in [5.41, 5.74) is 14.1. The molecule has 1 saturated heterocycles. The monoisotopic (exact) mass is 324 g/mol. The van der Waals surface area contributed by atoms with Gasteiger partial charge >= 0.3 is 7.12 Å². The Labute approximate surface area is 144 Å². The quantitative estimate of drug-likeness (QED) is 0.671. The van der Waals surface area contributed by atoms with Crippen molar-refractivity contribution in [2.45, 2.75) is 38.9 Å². The summed E-state index contributed by atoms with van der Waals surface area (Å²) in [6, 6.07) is 12.0. The molecule has 0 atom stereocenters. The molecule has 0 amide bonds. The average molecular weight is 324 g/mol. The second-order valence-electron chi connectivity index (χ2n) is 7.30. The minimum Gasteiger partial charge on any atom is -0.400 e. The molecule has 5 heteroatoms. The molecule has 0 aliphatic carbocycles. The van der Waals surface area contributed by atoms with Crippen molar-refractivity contribution in [1.82, 2.24) is 0 Å². The van der Waals surface area contributed by atoms with Gasteiger partial charge in [0.1, 0.15) is 0 Å². The van der Waals surface area contributed by atoms with Crippen LogP contribution in [0.15, 0.2) is 41.9 Å². The lowest BCUT2D eigenvalue weighted by Gasteiger charge is -2.32. The highest BCUT2D eigenvalue weighted by Crippen LogP contribution is 2.39. The van der Waals surface area contributed by atoms with Gasteiger partial charge in [0.25, 0.3) is 0 Å². The third-order valence-corrected chi connectivity index (χ3v) is 5.12. The minimum absolute atomic E-state index is 0.371. The van der Waals surface area contributed by atoms with Crippen LogP contribution in [0.2, 0.25) is 0 Å². The van der Waals surface area contributed by atoms with Gasteiger partial charge in [0.2, 0.25) is 0 Å². The van der Waals surface area contributed by atoms with Crippen LogP contribution in [-0.2, 0) is 9.31 Å². The van der Waals surface area contributed by atoms with Crippen LogP contribution in [0.3, 0.4) is 0 Å². The predicted octanol–water partition coefficient (Wildman–Crippen LogP) is 3.40. The minimum atomic E-state index is -0.434. The Morgan fingerprint density at radius 1 is 1.00 bits per heavy atom. The second-order valence-corrected chi connectivity index (χ2v) is 7.30. The molecule has 4 nitrogen and oxygen atoms in total. The highest BCUT2D eigenvalue weighted by molar-refractivity contribution is 6.56. The van der Waals surface area contributed by atoms with Crippen LogP contribution in [0.5, 0.6) is 0 Å². The van der Waals surface area contributed by atoms with E-state index in [1.165, 1.54) is 0 Å². The van der Waals surface area contributed by atoms with Gasteiger partial charge < -0.3 is 20.8 Å². The largest absolute Gasteiger partial charge is 0.491 e. The molecule has 1 fully saturated rings. The molecule has 0 aromatic heterocycles. The first-order chi connectivity index (χ1) is 11.2. The molecule has 0 radical (unpaired) electrons.